The quantitative estimate of drug-likeness (QED) is 0.179. The van der Waals surface area contributed by atoms with E-state index in [0.29, 0.717) is 6.61 Å². The third-order valence-corrected chi connectivity index (χ3v) is 5.66. The van der Waals surface area contributed by atoms with E-state index in [9.17, 15) is 0 Å². The van der Waals surface area contributed by atoms with Crippen LogP contribution in [0.25, 0.3) is 0 Å². The second kappa shape index (κ2) is 25.0. The predicted molar refractivity (Wildman–Crippen MR) is 119 cm³/mol. The molecule has 157 valence electrons. The Bertz CT molecular complexity index is 202. The normalized spacial score (nSPS) is 11.3. The monoisotopic (exact) mass is 367 g/mol. The van der Waals surface area contributed by atoms with Gasteiger partial charge in [0.25, 0.3) is 0 Å². The lowest BCUT2D eigenvalue weighted by Crippen LogP contribution is -1.85. The fourth-order valence-electron chi connectivity index (χ4n) is 3.82. The van der Waals surface area contributed by atoms with Crippen molar-refractivity contribution in [2.75, 3.05) is 6.61 Å². The van der Waals surface area contributed by atoms with Gasteiger partial charge in [0.15, 0.2) is 0 Å². The first-order valence-corrected chi connectivity index (χ1v) is 12.3. The Labute approximate surface area is 166 Å². The van der Waals surface area contributed by atoms with E-state index in [1.165, 1.54) is 135 Å². The number of hydrogen-bond donors (Lipinski definition) is 1. The van der Waals surface area contributed by atoms with Gasteiger partial charge < -0.3 is 5.11 Å². The van der Waals surface area contributed by atoms with Gasteiger partial charge in [-0.05, 0) is 6.42 Å². The highest BCUT2D eigenvalue weighted by molar-refractivity contribution is 4.51. The summed E-state index contributed by atoms with van der Waals surface area (Å²) in [6.07, 6.45) is 32.0. The first kappa shape index (κ1) is 26.0. The topological polar surface area (TPSA) is 20.2 Å². The van der Waals surface area contributed by atoms with Crippen LogP contribution < -0.4 is 0 Å². The van der Waals surface area contributed by atoms with Gasteiger partial charge in [0.05, 0.1) is 0 Å². The lowest BCUT2D eigenvalue weighted by atomic mass is 10.0. The largest absolute Gasteiger partial charge is 0.396 e. The van der Waals surface area contributed by atoms with Gasteiger partial charge in [-0.15, -0.1) is 0 Å². The number of aliphatic hydroxyl groups excluding tert-OH is 1. The Kier molecular flexibility index (Phi) is 24.9. The summed E-state index contributed by atoms with van der Waals surface area (Å²) in [5, 5.41) is 8.73. The molecule has 0 aromatic heterocycles. The molecule has 0 aliphatic rings. The van der Waals surface area contributed by atoms with E-state index in [-0.39, 0.29) is 0 Å². The number of unbranched alkanes of at least 4 members (excludes halogenated alkanes) is 22. The molecule has 1 heteroatoms. The molecule has 0 spiro atoms. The van der Waals surface area contributed by atoms with E-state index >= 15 is 0 Å². The Balaban J connectivity index is 2.95. The Morgan fingerprint density at radius 3 is 0.692 bits per heavy atom. The molecule has 0 rings (SSSR count). The molecule has 0 saturated heterocycles. The molecule has 0 aliphatic carbocycles. The minimum atomic E-state index is 0.373. The molecule has 0 aromatic rings. The Morgan fingerprint density at radius 2 is 0.500 bits per heavy atom. The average molecular weight is 368 g/mol. The van der Waals surface area contributed by atoms with Crippen molar-refractivity contribution in [1.82, 2.24) is 0 Å². The molecule has 0 saturated carbocycles. The van der Waals surface area contributed by atoms with Gasteiger partial charge in [-0.1, -0.05) is 148 Å². The van der Waals surface area contributed by atoms with E-state index in [1.807, 2.05) is 0 Å². The van der Waals surface area contributed by atoms with Crippen molar-refractivity contribution in [3.63, 3.8) is 0 Å². The highest BCUT2D eigenvalue weighted by Crippen LogP contribution is 2.15. The molecule has 1 nitrogen and oxygen atoms in total. The standard InChI is InChI=1S/C25H51O/c1-2-3-4-5-6-7-8-9-10-11-12-13-14-15-16-17-18-19-20-21-22-23-24-25-26/h26H,1-25H2. The summed E-state index contributed by atoms with van der Waals surface area (Å²) in [5.74, 6) is 0. The zero-order chi connectivity index (χ0) is 19.0. The fraction of sp³-hybridized carbons (Fsp3) is 0.960. The van der Waals surface area contributed by atoms with Crippen molar-refractivity contribution in [2.45, 2.75) is 148 Å². The Morgan fingerprint density at radius 1 is 0.308 bits per heavy atom. The second-order valence-corrected chi connectivity index (χ2v) is 8.36. The van der Waals surface area contributed by atoms with Crippen molar-refractivity contribution in [3.8, 4) is 0 Å². The van der Waals surface area contributed by atoms with Crippen LogP contribution in [0.15, 0.2) is 0 Å². The highest BCUT2D eigenvalue weighted by atomic mass is 16.2. The van der Waals surface area contributed by atoms with Crippen LogP contribution in [0, 0.1) is 6.92 Å². The third-order valence-electron chi connectivity index (χ3n) is 5.66. The molecule has 1 N–H and O–H groups in total. The highest BCUT2D eigenvalue weighted by Gasteiger charge is 1.95. The van der Waals surface area contributed by atoms with Crippen molar-refractivity contribution in [2.24, 2.45) is 0 Å². The molecule has 0 bridgehead atoms. The van der Waals surface area contributed by atoms with Gasteiger partial charge in [-0.25, -0.2) is 0 Å². The van der Waals surface area contributed by atoms with Crippen LogP contribution in [0.5, 0.6) is 0 Å². The summed E-state index contributed by atoms with van der Waals surface area (Å²) in [6.45, 7) is 4.28. The van der Waals surface area contributed by atoms with E-state index < -0.39 is 0 Å². The van der Waals surface area contributed by atoms with E-state index in [1.54, 1.807) is 0 Å². The van der Waals surface area contributed by atoms with Gasteiger partial charge in [-0.3, -0.25) is 0 Å². The van der Waals surface area contributed by atoms with Gasteiger partial charge in [0.2, 0.25) is 0 Å². The van der Waals surface area contributed by atoms with Crippen LogP contribution in [-0.4, -0.2) is 11.7 Å². The lowest BCUT2D eigenvalue weighted by Gasteiger charge is -2.04. The van der Waals surface area contributed by atoms with Crippen LogP contribution in [0.1, 0.15) is 148 Å². The van der Waals surface area contributed by atoms with E-state index in [2.05, 4.69) is 6.92 Å². The minimum Gasteiger partial charge on any atom is -0.396 e. The van der Waals surface area contributed by atoms with Gasteiger partial charge in [0, 0.05) is 6.61 Å². The molecule has 0 amide bonds. The molecule has 26 heavy (non-hydrogen) atoms. The molecule has 1 radical (unpaired) electrons. The molecule has 0 aliphatic heterocycles. The summed E-state index contributed by atoms with van der Waals surface area (Å²) in [6, 6.07) is 0. The number of aliphatic hydroxyl groups is 1. The van der Waals surface area contributed by atoms with Crippen LogP contribution in [0.3, 0.4) is 0 Å². The SMILES string of the molecule is [CH2]CCCCCCCCCCCCCCCCCCCCCCCCO. The van der Waals surface area contributed by atoms with Crippen LogP contribution in [0.4, 0.5) is 0 Å². The molecule has 0 unspecified atom stereocenters. The first-order chi connectivity index (χ1) is 12.9. The van der Waals surface area contributed by atoms with E-state index in [0.717, 1.165) is 12.8 Å². The van der Waals surface area contributed by atoms with Crippen LogP contribution in [0.2, 0.25) is 0 Å². The number of hydrogen-bond acceptors (Lipinski definition) is 1. The second-order valence-electron chi connectivity index (χ2n) is 8.36. The van der Waals surface area contributed by atoms with Crippen molar-refractivity contribution in [1.29, 1.82) is 0 Å². The summed E-state index contributed by atoms with van der Waals surface area (Å²) >= 11 is 0. The van der Waals surface area contributed by atoms with E-state index in [4.69, 9.17) is 5.11 Å². The predicted octanol–water partition coefficient (Wildman–Crippen LogP) is 8.79. The van der Waals surface area contributed by atoms with Crippen molar-refractivity contribution >= 4 is 0 Å². The molecule has 0 atom stereocenters. The maximum atomic E-state index is 8.73. The Hall–Kier alpha value is -0.0400. The van der Waals surface area contributed by atoms with Gasteiger partial charge in [-0.2, -0.15) is 0 Å². The average Bonchev–Trinajstić information content (AvgIpc) is 2.66. The summed E-state index contributed by atoms with van der Waals surface area (Å²) in [5.41, 5.74) is 0. The maximum Gasteiger partial charge on any atom is 0.0431 e. The van der Waals surface area contributed by atoms with Crippen molar-refractivity contribution in [3.05, 3.63) is 6.92 Å². The molecule has 0 heterocycles. The first-order valence-electron chi connectivity index (χ1n) is 12.3. The molecular formula is C25H51O. The zero-order valence-electron chi connectivity index (χ0n) is 18.1. The minimum absolute atomic E-state index is 0.373. The summed E-state index contributed by atoms with van der Waals surface area (Å²) < 4.78 is 0. The molecular weight excluding hydrogens is 316 g/mol. The number of rotatable bonds is 23. The fourth-order valence-corrected chi connectivity index (χ4v) is 3.82. The lowest BCUT2D eigenvalue weighted by molar-refractivity contribution is 0.282. The smallest absolute Gasteiger partial charge is 0.0431 e. The third kappa shape index (κ3) is 24.0. The van der Waals surface area contributed by atoms with Crippen molar-refractivity contribution < 1.29 is 5.11 Å². The zero-order valence-corrected chi connectivity index (χ0v) is 18.1. The molecule has 0 fully saturated rings. The summed E-state index contributed by atoms with van der Waals surface area (Å²) in [4.78, 5) is 0. The van der Waals surface area contributed by atoms with Gasteiger partial charge in [0.1, 0.15) is 0 Å². The molecule has 0 aromatic carbocycles. The summed E-state index contributed by atoms with van der Waals surface area (Å²) in [7, 11) is 0. The van der Waals surface area contributed by atoms with Gasteiger partial charge >= 0.3 is 0 Å². The van der Waals surface area contributed by atoms with Crippen LogP contribution in [-0.2, 0) is 0 Å². The van der Waals surface area contributed by atoms with Crippen LogP contribution >= 0.6 is 0 Å². The maximum absolute atomic E-state index is 8.73.